The van der Waals surface area contributed by atoms with E-state index in [1.54, 1.807) is 6.33 Å². The molecule has 0 spiro atoms. The average Bonchev–Trinajstić information content (AvgIpc) is 2.56. The van der Waals surface area contributed by atoms with Crippen molar-refractivity contribution in [3.63, 3.8) is 0 Å². The van der Waals surface area contributed by atoms with Crippen molar-refractivity contribution < 1.29 is 0 Å². The normalized spacial score (nSPS) is 10.4. The number of hydrogen-bond donors (Lipinski definition) is 1. The van der Waals surface area contributed by atoms with Crippen LogP contribution in [0.25, 0.3) is 11.4 Å². The second-order valence-corrected chi connectivity index (χ2v) is 3.86. The van der Waals surface area contributed by atoms with Crippen LogP contribution in [0.3, 0.4) is 0 Å². The zero-order valence-corrected chi connectivity index (χ0v) is 9.19. The predicted octanol–water partition coefficient (Wildman–Crippen LogP) is 1.83. The summed E-state index contributed by atoms with van der Waals surface area (Å²) in [5, 5.41) is 7.84. The highest BCUT2D eigenvalue weighted by atomic mass is 79.9. The van der Waals surface area contributed by atoms with E-state index in [1.165, 1.54) is 0 Å². The molecule has 0 atom stereocenters. The lowest BCUT2D eigenvalue weighted by atomic mass is 10.2. The predicted molar refractivity (Wildman–Crippen MR) is 58.6 cm³/mol. The summed E-state index contributed by atoms with van der Waals surface area (Å²) in [5.41, 5.74) is 7.37. The van der Waals surface area contributed by atoms with Gasteiger partial charge in [0.25, 0.3) is 0 Å². The van der Waals surface area contributed by atoms with Crippen LogP contribution in [0.5, 0.6) is 0 Å². The van der Waals surface area contributed by atoms with Gasteiger partial charge >= 0.3 is 0 Å². The van der Waals surface area contributed by atoms with Gasteiger partial charge in [0.15, 0.2) is 5.82 Å². The Balaban J connectivity index is 2.62. The summed E-state index contributed by atoms with van der Waals surface area (Å²) in [5.74, 6) is 0.796. The van der Waals surface area contributed by atoms with Crippen LogP contribution in [-0.2, 0) is 7.05 Å². The van der Waals surface area contributed by atoms with Crippen LogP contribution in [0.15, 0.2) is 29.0 Å². The van der Waals surface area contributed by atoms with Crippen LogP contribution >= 0.6 is 15.9 Å². The second kappa shape index (κ2) is 3.42. The van der Waals surface area contributed by atoms with E-state index in [-0.39, 0.29) is 0 Å². The first-order valence-corrected chi connectivity index (χ1v) is 4.87. The Kier molecular flexibility index (Phi) is 2.25. The number of aromatic nitrogens is 3. The van der Waals surface area contributed by atoms with Crippen molar-refractivity contribution in [1.29, 1.82) is 0 Å². The van der Waals surface area contributed by atoms with Gasteiger partial charge < -0.3 is 10.3 Å². The van der Waals surface area contributed by atoms with Gasteiger partial charge in [-0.2, -0.15) is 0 Å². The number of halogens is 1. The molecule has 5 heteroatoms. The quantitative estimate of drug-likeness (QED) is 0.789. The minimum atomic E-state index is 0.714. The molecule has 2 rings (SSSR count). The summed E-state index contributed by atoms with van der Waals surface area (Å²) >= 11 is 3.45. The molecule has 1 heterocycles. The van der Waals surface area contributed by atoms with Gasteiger partial charge in [0.1, 0.15) is 6.33 Å². The van der Waals surface area contributed by atoms with E-state index in [1.807, 2.05) is 29.8 Å². The molecule has 4 nitrogen and oxygen atoms in total. The maximum atomic E-state index is 5.71. The number of nitrogen functional groups attached to an aromatic ring is 1. The van der Waals surface area contributed by atoms with E-state index >= 15 is 0 Å². The van der Waals surface area contributed by atoms with E-state index in [4.69, 9.17) is 5.73 Å². The molecule has 14 heavy (non-hydrogen) atoms. The summed E-state index contributed by atoms with van der Waals surface area (Å²) in [6.45, 7) is 0. The van der Waals surface area contributed by atoms with E-state index < -0.39 is 0 Å². The first-order valence-electron chi connectivity index (χ1n) is 4.08. The van der Waals surface area contributed by atoms with E-state index in [2.05, 4.69) is 26.1 Å². The molecule has 0 unspecified atom stereocenters. The molecule has 2 N–H and O–H groups in total. The molecule has 72 valence electrons. The Morgan fingerprint density at radius 3 is 2.86 bits per heavy atom. The molecule has 0 radical (unpaired) electrons. The molecule has 0 saturated carbocycles. The molecular formula is C9H9BrN4. The van der Waals surface area contributed by atoms with Crippen LogP contribution in [0.2, 0.25) is 0 Å². The lowest BCUT2D eigenvalue weighted by Gasteiger charge is -2.04. The average molecular weight is 253 g/mol. The lowest BCUT2D eigenvalue weighted by Crippen LogP contribution is -1.93. The van der Waals surface area contributed by atoms with E-state index in [0.29, 0.717) is 5.69 Å². The van der Waals surface area contributed by atoms with Crippen molar-refractivity contribution in [2.45, 2.75) is 0 Å². The minimum absolute atomic E-state index is 0.714. The van der Waals surface area contributed by atoms with Gasteiger partial charge in [-0.25, -0.2) is 0 Å². The number of anilines is 1. The topological polar surface area (TPSA) is 56.7 Å². The lowest BCUT2D eigenvalue weighted by molar-refractivity contribution is 0.919. The van der Waals surface area contributed by atoms with Gasteiger partial charge in [0.2, 0.25) is 0 Å². The fraction of sp³-hybridized carbons (Fsp3) is 0.111. The third-order valence-corrected chi connectivity index (χ3v) is 2.63. The maximum absolute atomic E-state index is 5.71. The van der Waals surface area contributed by atoms with Gasteiger partial charge in [0, 0.05) is 22.8 Å². The molecule has 0 amide bonds. The molecule has 0 aliphatic carbocycles. The van der Waals surface area contributed by atoms with Crippen molar-refractivity contribution in [2.75, 3.05) is 5.73 Å². The van der Waals surface area contributed by atoms with Crippen LogP contribution < -0.4 is 5.73 Å². The van der Waals surface area contributed by atoms with Crippen molar-refractivity contribution in [3.8, 4) is 11.4 Å². The third kappa shape index (κ3) is 1.50. The fourth-order valence-electron chi connectivity index (χ4n) is 1.24. The SMILES string of the molecule is Cn1cnnc1-c1cc(N)ccc1Br. The summed E-state index contributed by atoms with van der Waals surface area (Å²) in [4.78, 5) is 0. The zero-order valence-electron chi connectivity index (χ0n) is 7.61. The van der Waals surface area contributed by atoms with Crippen molar-refractivity contribution in [3.05, 3.63) is 29.0 Å². The van der Waals surface area contributed by atoms with Crippen LogP contribution in [0.4, 0.5) is 5.69 Å². The van der Waals surface area contributed by atoms with E-state index in [0.717, 1.165) is 15.9 Å². The Bertz CT molecular complexity index is 464. The molecule has 0 aliphatic heterocycles. The molecule has 0 aliphatic rings. The van der Waals surface area contributed by atoms with E-state index in [9.17, 15) is 0 Å². The van der Waals surface area contributed by atoms with Gasteiger partial charge in [0.05, 0.1) is 0 Å². The second-order valence-electron chi connectivity index (χ2n) is 3.00. The van der Waals surface area contributed by atoms with Crippen molar-refractivity contribution >= 4 is 21.6 Å². The minimum Gasteiger partial charge on any atom is -0.399 e. The first-order chi connectivity index (χ1) is 6.68. The van der Waals surface area contributed by atoms with Crippen LogP contribution in [0.1, 0.15) is 0 Å². The molecule has 2 aromatic rings. The van der Waals surface area contributed by atoms with Crippen LogP contribution in [0, 0.1) is 0 Å². The summed E-state index contributed by atoms with van der Waals surface area (Å²) < 4.78 is 2.81. The Hall–Kier alpha value is -1.36. The number of hydrogen-bond acceptors (Lipinski definition) is 3. The number of aryl methyl sites for hydroxylation is 1. The highest BCUT2D eigenvalue weighted by Crippen LogP contribution is 2.27. The highest BCUT2D eigenvalue weighted by Gasteiger charge is 2.08. The molecule has 1 aromatic heterocycles. The maximum Gasteiger partial charge on any atom is 0.164 e. The van der Waals surface area contributed by atoms with Crippen molar-refractivity contribution in [2.24, 2.45) is 7.05 Å². The van der Waals surface area contributed by atoms with Gasteiger partial charge in [-0.15, -0.1) is 10.2 Å². The van der Waals surface area contributed by atoms with Crippen molar-refractivity contribution in [1.82, 2.24) is 14.8 Å². The van der Waals surface area contributed by atoms with Crippen LogP contribution in [-0.4, -0.2) is 14.8 Å². The Morgan fingerprint density at radius 1 is 1.43 bits per heavy atom. The number of nitrogens with two attached hydrogens (primary N) is 1. The standard InChI is InChI=1S/C9H9BrN4/c1-14-5-12-13-9(14)7-4-6(11)2-3-8(7)10/h2-5H,11H2,1H3. The molecule has 0 fully saturated rings. The van der Waals surface area contributed by atoms with Gasteiger partial charge in [-0.05, 0) is 18.2 Å². The molecular weight excluding hydrogens is 244 g/mol. The number of benzene rings is 1. The number of nitrogens with zero attached hydrogens (tertiary/aromatic N) is 3. The largest absolute Gasteiger partial charge is 0.399 e. The Morgan fingerprint density at radius 2 is 2.21 bits per heavy atom. The number of rotatable bonds is 1. The third-order valence-electron chi connectivity index (χ3n) is 1.94. The molecule has 1 aromatic carbocycles. The highest BCUT2D eigenvalue weighted by molar-refractivity contribution is 9.10. The molecule has 0 saturated heterocycles. The van der Waals surface area contributed by atoms with Gasteiger partial charge in [-0.3, -0.25) is 0 Å². The first kappa shape index (κ1) is 9.21. The smallest absolute Gasteiger partial charge is 0.164 e. The Labute approximate surface area is 89.9 Å². The summed E-state index contributed by atoms with van der Waals surface area (Å²) in [7, 11) is 1.89. The monoisotopic (exact) mass is 252 g/mol. The summed E-state index contributed by atoms with van der Waals surface area (Å²) in [6.07, 6.45) is 1.66. The summed E-state index contributed by atoms with van der Waals surface area (Å²) in [6, 6.07) is 5.61. The fourth-order valence-corrected chi connectivity index (χ4v) is 1.67. The molecule has 0 bridgehead atoms. The zero-order chi connectivity index (χ0) is 10.1. The van der Waals surface area contributed by atoms with Gasteiger partial charge in [-0.1, -0.05) is 15.9 Å².